The number of hydrogen-bond acceptors (Lipinski definition) is 7. The number of piperidine rings is 1. The topological polar surface area (TPSA) is 105 Å². The molecular weight excluding hydrogens is 675 g/mol. The number of benzene rings is 4. The van der Waals surface area contributed by atoms with Gasteiger partial charge in [-0.3, -0.25) is 24.2 Å². The number of fused-ring (bicyclic) bond motifs is 2. The number of allylic oxidation sites excluding steroid dienone is 1. The highest BCUT2D eigenvalue weighted by atomic mass is 16.3. The van der Waals surface area contributed by atoms with Crippen molar-refractivity contribution in [3.05, 3.63) is 137 Å². The van der Waals surface area contributed by atoms with Crippen LogP contribution in [0.1, 0.15) is 93.3 Å². The molecule has 0 aromatic heterocycles. The molecule has 0 bridgehead atoms. The van der Waals surface area contributed by atoms with E-state index in [-0.39, 0.29) is 11.8 Å². The zero-order valence-electron chi connectivity index (χ0n) is 30.8. The highest BCUT2D eigenvalue weighted by molar-refractivity contribution is 6.23. The minimum atomic E-state index is -0.800. The molecule has 1 unspecified atom stereocenters. The summed E-state index contributed by atoms with van der Waals surface area (Å²) in [5.74, 6) is -0.170. The van der Waals surface area contributed by atoms with E-state index in [0.717, 1.165) is 82.0 Å². The maximum absolute atomic E-state index is 13.2. The summed E-state index contributed by atoms with van der Waals surface area (Å²) in [6.45, 7) is 9.77. The van der Waals surface area contributed by atoms with Crippen molar-refractivity contribution in [2.75, 3.05) is 49.5 Å². The molecule has 0 spiro atoms. The van der Waals surface area contributed by atoms with Gasteiger partial charge in [0.05, 0.1) is 11.1 Å². The SMILES string of the molecule is C=C1CCC(N2C(=O)c3ccc(NCCCCCN4CCN(c5ccc([C@@H]6c7ccc(O)cc7CC[C@@H]6c6ccccc6)cc5)CC4)cc3C2=O)C(=O)N1. The first kappa shape index (κ1) is 35.6. The Kier molecular flexibility index (Phi) is 10.2. The lowest BCUT2D eigenvalue weighted by molar-refractivity contribution is -0.125. The Balaban J connectivity index is 0.788. The number of aromatic hydroxyl groups is 1. The van der Waals surface area contributed by atoms with E-state index in [1.54, 1.807) is 12.1 Å². The Morgan fingerprint density at radius 2 is 1.54 bits per heavy atom. The normalized spacial score (nSPS) is 21.5. The van der Waals surface area contributed by atoms with Crippen molar-refractivity contribution in [1.82, 2.24) is 15.1 Å². The number of anilines is 2. The number of phenolic OH excluding ortho intramolecular Hbond substituents is 1. The smallest absolute Gasteiger partial charge is 0.262 e. The Morgan fingerprint density at radius 1 is 0.759 bits per heavy atom. The monoisotopic (exact) mass is 723 g/mol. The number of piperazine rings is 1. The molecule has 2 saturated heterocycles. The van der Waals surface area contributed by atoms with Gasteiger partial charge in [-0.2, -0.15) is 0 Å². The van der Waals surface area contributed by atoms with Crippen molar-refractivity contribution in [2.45, 2.75) is 62.8 Å². The maximum Gasteiger partial charge on any atom is 0.262 e. The van der Waals surface area contributed by atoms with Gasteiger partial charge in [-0.05, 0) is 116 Å². The van der Waals surface area contributed by atoms with Crippen LogP contribution in [0.4, 0.5) is 11.4 Å². The lowest BCUT2D eigenvalue weighted by atomic mass is 9.69. The number of nitrogens with one attached hydrogen (secondary N) is 2. The maximum atomic E-state index is 13.2. The van der Waals surface area contributed by atoms with Crippen molar-refractivity contribution in [1.29, 1.82) is 0 Å². The van der Waals surface area contributed by atoms with Gasteiger partial charge in [-0.25, -0.2) is 0 Å². The zero-order chi connectivity index (χ0) is 37.2. The van der Waals surface area contributed by atoms with Gasteiger partial charge in [0.15, 0.2) is 0 Å². The molecule has 2 fully saturated rings. The van der Waals surface area contributed by atoms with E-state index in [4.69, 9.17) is 0 Å². The largest absolute Gasteiger partial charge is 0.508 e. The van der Waals surface area contributed by atoms with E-state index in [9.17, 15) is 19.5 Å². The molecule has 4 aromatic carbocycles. The quantitative estimate of drug-likeness (QED) is 0.113. The van der Waals surface area contributed by atoms with E-state index >= 15 is 0 Å². The van der Waals surface area contributed by atoms with E-state index < -0.39 is 17.9 Å². The van der Waals surface area contributed by atoms with Gasteiger partial charge in [0.25, 0.3) is 11.8 Å². The Labute approximate surface area is 317 Å². The molecule has 3 atom stereocenters. The first-order valence-corrected chi connectivity index (χ1v) is 19.5. The molecule has 0 radical (unpaired) electrons. The molecule has 3 N–H and O–H groups in total. The predicted molar refractivity (Wildman–Crippen MR) is 212 cm³/mol. The molecule has 54 heavy (non-hydrogen) atoms. The number of amides is 3. The first-order chi connectivity index (χ1) is 26.3. The summed E-state index contributed by atoms with van der Waals surface area (Å²) in [6, 6.07) is 30.5. The number of aryl methyl sites for hydroxylation is 1. The molecule has 9 nitrogen and oxygen atoms in total. The van der Waals surface area contributed by atoms with Gasteiger partial charge in [0.1, 0.15) is 11.8 Å². The van der Waals surface area contributed by atoms with Gasteiger partial charge in [0.2, 0.25) is 5.91 Å². The number of phenols is 1. The molecule has 4 aliphatic rings. The number of rotatable bonds is 11. The summed E-state index contributed by atoms with van der Waals surface area (Å²) in [5, 5.41) is 16.3. The van der Waals surface area contributed by atoms with Crippen LogP contribution in [0.5, 0.6) is 5.75 Å². The van der Waals surface area contributed by atoms with Crippen LogP contribution in [0.3, 0.4) is 0 Å². The molecule has 3 aliphatic heterocycles. The Hall–Kier alpha value is -5.41. The van der Waals surface area contributed by atoms with Crippen LogP contribution in [0.15, 0.2) is 103 Å². The second kappa shape index (κ2) is 15.5. The Morgan fingerprint density at radius 3 is 2.31 bits per heavy atom. The van der Waals surface area contributed by atoms with Gasteiger partial charge >= 0.3 is 0 Å². The fourth-order valence-corrected chi connectivity index (χ4v) is 8.93. The molecule has 3 heterocycles. The fourth-order valence-electron chi connectivity index (χ4n) is 8.93. The summed E-state index contributed by atoms with van der Waals surface area (Å²) in [7, 11) is 0. The molecule has 278 valence electrons. The highest BCUT2D eigenvalue weighted by Crippen LogP contribution is 2.47. The average molecular weight is 724 g/mol. The highest BCUT2D eigenvalue weighted by Gasteiger charge is 2.44. The lowest BCUT2D eigenvalue weighted by Crippen LogP contribution is -2.51. The van der Waals surface area contributed by atoms with Crippen LogP contribution in [0.2, 0.25) is 0 Å². The third-order valence-corrected chi connectivity index (χ3v) is 11.8. The van der Waals surface area contributed by atoms with Crippen LogP contribution in [-0.4, -0.2) is 77.9 Å². The number of carbonyl (C=O) groups is 3. The van der Waals surface area contributed by atoms with E-state index in [2.05, 4.69) is 87.7 Å². The second-order valence-corrected chi connectivity index (χ2v) is 15.2. The standard InChI is InChI=1S/C45H49N5O4/c1-30-10-21-41(43(52)47-30)50-44(53)39-19-14-34(29-40(39)45(50)54)46-22-6-3-7-23-48-24-26-49(27-25-48)35-15-11-32(12-16-35)42-37(31-8-4-2-5-9-31)18-13-33-28-36(51)17-20-38(33)42/h2,4-5,8-9,11-12,14-17,19-20,28-29,37,41-42,46,51H,1,3,6-7,10,13,18,21-27H2,(H,47,52)/t37-,41?,42+/m1/s1. The van der Waals surface area contributed by atoms with Crippen LogP contribution in [0, 0.1) is 0 Å². The van der Waals surface area contributed by atoms with Crippen molar-refractivity contribution >= 4 is 29.1 Å². The van der Waals surface area contributed by atoms with Crippen molar-refractivity contribution in [3.8, 4) is 5.75 Å². The van der Waals surface area contributed by atoms with Crippen LogP contribution in [0.25, 0.3) is 0 Å². The molecule has 1 aliphatic carbocycles. The predicted octanol–water partition coefficient (Wildman–Crippen LogP) is 7.05. The van der Waals surface area contributed by atoms with Crippen molar-refractivity contribution < 1.29 is 19.5 Å². The minimum Gasteiger partial charge on any atom is -0.508 e. The molecule has 3 amide bonds. The summed E-state index contributed by atoms with van der Waals surface area (Å²) in [5.41, 5.74) is 8.69. The van der Waals surface area contributed by atoms with Crippen molar-refractivity contribution in [2.24, 2.45) is 0 Å². The van der Waals surface area contributed by atoms with Crippen LogP contribution < -0.4 is 15.5 Å². The van der Waals surface area contributed by atoms with Crippen LogP contribution >= 0.6 is 0 Å². The third-order valence-electron chi connectivity index (χ3n) is 11.8. The molecule has 9 heteroatoms. The second-order valence-electron chi connectivity index (χ2n) is 15.2. The molecular formula is C45H49N5O4. The summed E-state index contributed by atoms with van der Waals surface area (Å²) < 4.78 is 0. The van der Waals surface area contributed by atoms with Gasteiger partial charge in [-0.1, -0.05) is 61.5 Å². The number of unbranched alkanes of at least 4 members (excludes halogenated alkanes) is 2. The molecule has 8 rings (SSSR count). The van der Waals surface area contributed by atoms with E-state index in [0.29, 0.717) is 41.3 Å². The summed E-state index contributed by atoms with van der Waals surface area (Å²) in [6.07, 6.45) is 6.21. The first-order valence-electron chi connectivity index (χ1n) is 19.5. The van der Waals surface area contributed by atoms with Crippen molar-refractivity contribution in [3.63, 3.8) is 0 Å². The lowest BCUT2D eigenvalue weighted by Gasteiger charge is -2.37. The number of hydrogen-bond donors (Lipinski definition) is 3. The summed E-state index contributed by atoms with van der Waals surface area (Å²) >= 11 is 0. The van der Waals surface area contributed by atoms with E-state index in [1.165, 1.54) is 27.9 Å². The minimum absolute atomic E-state index is 0.255. The van der Waals surface area contributed by atoms with Gasteiger partial charge in [-0.15, -0.1) is 0 Å². The van der Waals surface area contributed by atoms with Crippen LogP contribution in [-0.2, 0) is 11.2 Å². The third kappa shape index (κ3) is 7.25. The molecule has 4 aromatic rings. The van der Waals surface area contributed by atoms with Gasteiger partial charge in [0, 0.05) is 55.7 Å². The zero-order valence-corrected chi connectivity index (χ0v) is 30.8. The average Bonchev–Trinajstić information content (AvgIpc) is 3.44. The number of nitrogens with zero attached hydrogens (tertiary/aromatic N) is 3. The number of carbonyl (C=O) groups excluding carboxylic acids is 3. The summed E-state index contributed by atoms with van der Waals surface area (Å²) in [4.78, 5) is 44.9. The Bertz CT molecular complexity index is 2040. The molecule has 0 saturated carbocycles. The number of imide groups is 1. The van der Waals surface area contributed by atoms with E-state index in [1.807, 2.05) is 18.2 Å². The fraction of sp³-hybridized carbons (Fsp3) is 0.356. The van der Waals surface area contributed by atoms with Gasteiger partial charge < -0.3 is 20.6 Å².